The first kappa shape index (κ1) is 10.7. The van der Waals surface area contributed by atoms with Gasteiger partial charge in [-0.05, 0) is 12.1 Å². The summed E-state index contributed by atoms with van der Waals surface area (Å²) in [5.41, 5.74) is -0.601. The molecule has 6 heteroatoms. The Morgan fingerprint density at radius 1 is 1.00 bits per heavy atom. The Hall–Kier alpha value is -2.37. The van der Waals surface area contributed by atoms with Gasteiger partial charge < -0.3 is 14.9 Å². The number of carboxylic acid groups (broad SMARTS) is 2. The first-order chi connectivity index (χ1) is 7.02. The fourth-order valence-electron chi connectivity index (χ4n) is 0.982. The maximum Gasteiger partial charge on any atom is 0.513 e. The molecule has 0 bridgehead atoms. The number of benzene rings is 1. The molecule has 1 aromatic carbocycles. The maximum atomic E-state index is 11.1. The van der Waals surface area contributed by atoms with E-state index in [2.05, 4.69) is 4.74 Å². The van der Waals surface area contributed by atoms with E-state index < -0.39 is 18.1 Å². The van der Waals surface area contributed by atoms with Crippen molar-refractivity contribution in [1.82, 2.24) is 0 Å². The van der Waals surface area contributed by atoms with Gasteiger partial charge in [0.25, 0.3) is 0 Å². The minimum absolute atomic E-state index is 0.299. The van der Waals surface area contributed by atoms with Crippen LogP contribution in [0.25, 0.3) is 0 Å². The van der Waals surface area contributed by atoms with Crippen LogP contribution >= 0.6 is 0 Å². The van der Waals surface area contributed by atoms with Crippen LogP contribution in [0.15, 0.2) is 24.3 Å². The summed E-state index contributed by atoms with van der Waals surface area (Å²) in [7, 11) is 0. The zero-order valence-electron chi connectivity index (χ0n) is 7.34. The van der Waals surface area contributed by atoms with Gasteiger partial charge in [-0.15, -0.1) is 0 Å². The van der Waals surface area contributed by atoms with Crippen LogP contribution in [0.5, 0.6) is 0 Å². The van der Waals surface area contributed by atoms with E-state index in [-0.39, 0.29) is 11.1 Å². The standard InChI is InChI=1S/C9H6O6/c10-7(11)5-3-1-2-4-6(5)8(12)15-9(13)14/h1-4H,(H,10,11)(H,13,14). The van der Waals surface area contributed by atoms with Crippen molar-refractivity contribution in [2.75, 3.05) is 0 Å². The van der Waals surface area contributed by atoms with Crippen molar-refractivity contribution in [3.63, 3.8) is 0 Å². The molecular formula is C9H6O6. The molecule has 0 heterocycles. The predicted octanol–water partition coefficient (Wildman–Crippen LogP) is 1.22. The summed E-state index contributed by atoms with van der Waals surface area (Å²) in [4.78, 5) is 31.8. The third-order valence-electron chi connectivity index (χ3n) is 1.56. The lowest BCUT2D eigenvalue weighted by Crippen LogP contribution is -2.14. The van der Waals surface area contributed by atoms with Crippen LogP contribution in [0.4, 0.5) is 4.79 Å². The molecule has 0 radical (unpaired) electrons. The Bertz CT molecular complexity index is 422. The molecule has 0 aliphatic carbocycles. The predicted molar refractivity (Wildman–Crippen MR) is 46.8 cm³/mol. The van der Waals surface area contributed by atoms with Gasteiger partial charge >= 0.3 is 18.1 Å². The van der Waals surface area contributed by atoms with Gasteiger partial charge in [0.1, 0.15) is 0 Å². The van der Waals surface area contributed by atoms with E-state index in [1.807, 2.05) is 0 Å². The molecule has 6 nitrogen and oxygen atoms in total. The molecule has 1 aromatic rings. The fraction of sp³-hybridized carbons (Fsp3) is 0. The molecule has 0 saturated heterocycles. The third kappa shape index (κ3) is 2.53. The lowest BCUT2D eigenvalue weighted by atomic mass is 10.1. The number of carbonyl (C=O) groups is 3. The second-order valence-electron chi connectivity index (χ2n) is 2.51. The Kier molecular flexibility index (Phi) is 3.02. The molecule has 2 N–H and O–H groups in total. The monoisotopic (exact) mass is 210 g/mol. The third-order valence-corrected chi connectivity index (χ3v) is 1.56. The Labute approximate surface area is 83.7 Å². The van der Waals surface area contributed by atoms with Crippen molar-refractivity contribution in [2.45, 2.75) is 0 Å². The average Bonchev–Trinajstić information content (AvgIpc) is 2.16. The second-order valence-corrected chi connectivity index (χ2v) is 2.51. The number of hydrogen-bond donors (Lipinski definition) is 2. The summed E-state index contributed by atoms with van der Waals surface area (Å²) < 4.78 is 3.84. The van der Waals surface area contributed by atoms with Crippen LogP contribution in [0.2, 0.25) is 0 Å². The normalized spacial score (nSPS) is 9.33. The summed E-state index contributed by atoms with van der Waals surface area (Å²) in [6.07, 6.45) is -1.78. The van der Waals surface area contributed by atoms with Crippen LogP contribution in [-0.2, 0) is 4.74 Å². The van der Waals surface area contributed by atoms with E-state index in [9.17, 15) is 14.4 Å². The minimum atomic E-state index is -1.78. The minimum Gasteiger partial charge on any atom is -0.478 e. The smallest absolute Gasteiger partial charge is 0.478 e. The molecule has 0 aliphatic rings. The molecule has 78 valence electrons. The average molecular weight is 210 g/mol. The van der Waals surface area contributed by atoms with Gasteiger partial charge in [-0.25, -0.2) is 14.4 Å². The highest BCUT2D eigenvalue weighted by Crippen LogP contribution is 2.10. The van der Waals surface area contributed by atoms with E-state index in [0.717, 1.165) is 0 Å². The van der Waals surface area contributed by atoms with E-state index in [0.29, 0.717) is 0 Å². The zero-order chi connectivity index (χ0) is 11.4. The first-order valence-electron chi connectivity index (χ1n) is 3.80. The Morgan fingerprint density at radius 3 is 2.00 bits per heavy atom. The van der Waals surface area contributed by atoms with Crippen LogP contribution in [0.3, 0.4) is 0 Å². The lowest BCUT2D eigenvalue weighted by molar-refractivity contribution is 0.0498. The van der Waals surface area contributed by atoms with Crippen LogP contribution in [-0.4, -0.2) is 28.3 Å². The summed E-state index contributed by atoms with van der Waals surface area (Å²) >= 11 is 0. The van der Waals surface area contributed by atoms with Gasteiger partial charge in [-0.3, -0.25) is 0 Å². The molecule has 0 spiro atoms. The quantitative estimate of drug-likeness (QED) is 0.562. The van der Waals surface area contributed by atoms with Gasteiger partial charge in [0.15, 0.2) is 0 Å². The van der Waals surface area contributed by atoms with Crippen molar-refractivity contribution in [1.29, 1.82) is 0 Å². The topological polar surface area (TPSA) is 101 Å². The fourth-order valence-corrected chi connectivity index (χ4v) is 0.982. The van der Waals surface area contributed by atoms with Gasteiger partial charge in [0.2, 0.25) is 0 Å². The van der Waals surface area contributed by atoms with Crippen molar-refractivity contribution < 1.29 is 29.3 Å². The van der Waals surface area contributed by atoms with Crippen LogP contribution in [0.1, 0.15) is 20.7 Å². The Balaban J connectivity index is 3.08. The molecule has 0 amide bonds. The number of rotatable bonds is 2. The molecule has 0 atom stereocenters. The van der Waals surface area contributed by atoms with Gasteiger partial charge in [0.05, 0.1) is 11.1 Å². The summed E-state index contributed by atoms with van der Waals surface area (Å²) in [6, 6.07) is 5.18. The van der Waals surface area contributed by atoms with Crippen LogP contribution in [0, 0.1) is 0 Å². The van der Waals surface area contributed by atoms with Gasteiger partial charge in [0, 0.05) is 0 Å². The largest absolute Gasteiger partial charge is 0.513 e. The molecule has 15 heavy (non-hydrogen) atoms. The first-order valence-corrected chi connectivity index (χ1v) is 3.80. The van der Waals surface area contributed by atoms with E-state index >= 15 is 0 Å². The van der Waals surface area contributed by atoms with E-state index in [1.54, 1.807) is 0 Å². The zero-order valence-corrected chi connectivity index (χ0v) is 7.34. The van der Waals surface area contributed by atoms with Crippen LogP contribution < -0.4 is 0 Å². The number of carbonyl (C=O) groups excluding carboxylic acids is 1. The summed E-state index contributed by atoms with van der Waals surface area (Å²) in [5, 5.41) is 16.9. The van der Waals surface area contributed by atoms with Gasteiger partial charge in [-0.2, -0.15) is 0 Å². The number of aromatic carboxylic acids is 1. The molecule has 0 unspecified atom stereocenters. The molecule has 0 aromatic heterocycles. The highest BCUT2D eigenvalue weighted by Gasteiger charge is 2.18. The van der Waals surface area contributed by atoms with Crippen molar-refractivity contribution >= 4 is 18.1 Å². The number of ether oxygens (including phenoxy) is 1. The molecule has 0 saturated carbocycles. The second kappa shape index (κ2) is 4.23. The maximum absolute atomic E-state index is 11.1. The number of carboxylic acids is 1. The van der Waals surface area contributed by atoms with Crippen molar-refractivity contribution in [3.8, 4) is 0 Å². The summed E-state index contributed by atoms with van der Waals surface area (Å²) in [5.74, 6) is -2.53. The lowest BCUT2D eigenvalue weighted by Gasteiger charge is -2.02. The molecule has 0 fully saturated rings. The summed E-state index contributed by atoms with van der Waals surface area (Å²) in [6.45, 7) is 0. The molecule has 1 rings (SSSR count). The highest BCUT2D eigenvalue weighted by molar-refractivity contribution is 6.04. The SMILES string of the molecule is O=C(O)OC(=O)c1ccccc1C(=O)O. The van der Waals surface area contributed by atoms with E-state index in [1.165, 1.54) is 24.3 Å². The van der Waals surface area contributed by atoms with Crippen molar-refractivity contribution in [2.24, 2.45) is 0 Å². The van der Waals surface area contributed by atoms with E-state index in [4.69, 9.17) is 10.2 Å². The van der Waals surface area contributed by atoms with Gasteiger partial charge in [-0.1, -0.05) is 12.1 Å². The molecule has 0 aliphatic heterocycles. The Morgan fingerprint density at radius 2 is 1.53 bits per heavy atom. The number of hydrogen-bond acceptors (Lipinski definition) is 4. The van der Waals surface area contributed by atoms with Crippen molar-refractivity contribution in [3.05, 3.63) is 35.4 Å². The molecular weight excluding hydrogens is 204 g/mol. The highest BCUT2D eigenvalue weighted by atomic mass is 16.7. The number of esters is 1.